The lowest BCUT2D eigenvalue weighted by atomic mass is 10.2. The van der Waals surface area contributed by atoms with Gasteiger partial charge in [0.2, 0.25) is 5.91 Å². The molecule has 1 saturated heterocycles. The summed E-state index contributed by atoms with van der Waals surface area (Å²) >= 11 is 0. The van der Waals surface area contributed by atoms with Crippen LogP contribution in [-0.2, 0) is 11.2 Å². The van der Waals surface area contributed by atoms with Crippen molar-refractivity contribution in [2.75, 3.05) is 31.1 Å². The first-order chi connectivity index (χ1) is 13.6. The van der Waals surface area contributed by atoms with Crippen LogP contribution in [0.2, 0.25) is 0 Å². The summed E-state index contributed by atoms with van der Waals surface area (Å²) in [5.41, 5.74) is 1.27. The minimum absolute atomic E-state index is 0.0488. The van der Waals surface area contributed by atoms with Crippen LogP contribution in [-0.4, -0.2) is 52.1 Å². The van der Waals surface area contributed by atoms with E-state index < -0.39 is 0 Å². The normalized spacial score (nSPS) is 14.4. The number of amides is 1. The lowest BCUT2D eigenvalue weighted by Gasteiger charge is -2.36. The number of para-hydroxylation sites is 3. The summed E-state index contributed by atoms with van der Waals surface area (Å²) in [6.45, 7) is 2.56. The number of aromatic amines is 1. The minimum Gasteiger partial charge on any atom is -0.506 e. The van der Waals surface area contributed by atoms with E-state index in [2.05, 4.69) is 14.9 Å². The topological polar surface area (TPSA) is 89.5 Å². The second-order valence-electron chi connectivity index (χ2n) is 6.89. The first-order valence-electron chi connectivity index (χ1n) is 9.40. The van der Waals surface area contributed by atoms with E-state index in [4.69, 9.17) is 0 Å². The zero-order valence-corrected chi connectivity index (χ0v) is 15.5. The fraction of sp³-hybridized carbons (Fsp3) is 0.286. The molecule has 1 aliphatic heterocycles. The van der Waals surface area contributed by atoms with Crippen molar-refractivity contribution in [2.24, 2.45) is 0 Å². The van der Waals surface area contributed by atoms with Crippen LogP contribution in [0.25, 0.3) is 10.9 Å². The number of hydrogen-bond acceptors (Lipinski definition) is 5. The van der Waals surface area contributed by atoms with Gasteiger partial charge in [0.15, 0.2) is 0 Å². The third-order valence-corrected chi connectivity index (χ3v) is 5.09. The number of aromatic nitrogens is 2. The fourth-order valence-corrected chi connectivity index (χ4v) is 3.57. The van der Waals surface area contributed by atoms with Crippen molar-refractivity contribution in [1.29, 1.82) is 0 Å². The summed E-state index contributed by atoms with van der Waals surface area (Å²) in [7, 11) is 0. The molecule has 1 aromatic heterocycles. The molecule has 144 valence electrons. The minimum atomic E-state index is -0.177. The van der Waals surface area contributed by atoms with Gasteiger partial charge in [-0.05, 0) is 24.3 Å². The van der Waals surface area contributed by atoms with E-state index in [9.17, 15) is 14.7 Å². The molecule has 28 heavy (non-hydrogen) atoms. The number of carbonyl (C=O) groups excluding carboxylic acids is 1. The van der Waals surface area contributed by atoms with E-state index in [1.165, 1.54) is 0 Å². The van der Waals surface area contributed by atoms with E-state index in [0.717, 1.165) is 5.69 Å². The Labute approximate surface area is 162 Å². The highest BCUT2D eigenvalue weighted by Gasteiger charge is 2.22. The Balaban J connectivity index is 1.35. The number of nitrogens with zero attached hydrogens (tertiary/aromatic N) is 3. The standard InChI is InChI=1S/C21H22N4O3/c26-18-8-4-3-7-17(18)24-11-13-25(14-12-24)20(27)10-9-19-22-16-6-2-1-5-15(16)21(28)23-19/h1-8,26H,9-14H2,(H,22,23,28). The van der Waals surface area contributed by atoms with Gasteiger partial charge in [0.1, 0.15) is 11.6 Å². The predicted molar refractivity (Wildman–Crippen MR) is 108 cm³/mol. The number of rotatable bonds is 4. The maximum absolute atomic E-state index is 12.6. The number of anilines is 1. The Morgan fingerprint density at radius 1 is 1.04 bits per heavy atom. The van der Waals surface area contributed by atoms with Gasteiger partial charge < -0.3 is 19.9 Å². The van der Waals surface area contributed by atoms with Crippen LogP contribution >= 0.6 is 0 Å². The quantitative estimate of drug-likeness (QED) is 0.724. The van der Waals surface area contributed by atoms with E-state index in [1.54, 1.807) is 30.3 Å². The number of phenols is 1. The monoisotopic (exact) mass is 378 g/mol. The molecule has 0 saturated carbocycles. The Hall–Kier alpha value is -3.35. The molecule has 0 aliphatic carbocycles. The predicted octanol–water partition coefficient (Wildman–Crippen LogP) is 1.91. The molecule has 7 nitrogen and oxygen atoms in total. The van der Waals surface area contributed by atoms with Gasteiger partial charge in [-0.2, -0.15) is 0 Å². The van der Waals surface area contributed by atoms with Crippen LogP contribution in [0.3, 0.4) is 0 Å². The zero-order valence-electron chi connectivity index (χ0n) is 15.5. The molecule has 2 heterocycles. The van der Waals surface area contributed by atoms with Gasteiger partial charge >= 0.3 is 0 Å². The molecule has 1 aliphatic rings. The Bertz CT molecular complexity index is 1050. The number of aromatic hydroxyl groups is 1. The van der Waals surface area contributed by atoms with Crippen LogP contribution in [0.5, 0.6) is 5.75 Å². The molecule has 1 fully saturated rings. The summed E-state index contributed by atoms with van der Waals surface area (Å²) < 4.78 is 0. The number of aryl methyl sites for hydroxylation is 1. The molecule has 4 rings (SSSR count). The zero-order chi connectivity index (χ0) is 19.5. The SMILES string of the molecule is O=C(CCc1nc2ccccc2c(=O)[nH]1)N1CCN(c2ccccc2O)CC1. The summed E-state index contributed by atoms with van der Waals surface area (Å²) in [5, 5.41) is 10.5. The first kappa shape index (κ1) is 18.0. The highest BCUT2D eigenvalue weighted by molar-refractivity contribution is 5.78. The van der Waals surface area contributed by atoms with Crippen molar-refractivity contribution >= 4 is 22.5 Å². The van der Waals surface area contributed by atoms with Crippen LogP contribution in [0.15, 0.2) is 53.3 Å². The second-order valence-corrected chi connectivity index (χ2v) is 6.89. The molecule has 0 unspecified atom stereocenters. The molecule has 3 aromatic rings. The average Bonchev–Trinajstić information content (AvgIpc) is 2.73. The molecule has 0 atom stereocenters. The number of hydrogen-bond donors (Lipinski definition) is 2. The highest BCUT2D eigenvalue weighted by Crippen LogP contribution is 2.27. The van der Waals surface area contributed by atoms with Gasteiger partial charge in [-0.1, -0.05) is 24.3 Å². The van der Waals surface area contributed by atoms with Crippen molar-refractivity contribution in [2.45, 2.75) is 12.8 Å². The van der Waals surface area contributed by atoms with Gasteiger partial charge in [0.05, 0.1) is 16.6 Å². The van der Waals surface area contributed by atoms with E-state index >= 15 is 0 Å². The average molecular weight is 378 g/mol. The second kappa shape index (κ2) is 7.72. The lowest BCUT2D eigenvalue weighted by Crippen LogP contribution is -2.48. The smallest absolute Gasteiger partial charge is 0.258 e. The third kappa shape index (κ3) is 3.69. The Kier molecular flexibility index (Phi) is 4.97. The van der Waals surface area contributed by atoms with Gasteiger partial charge in [-0.3, -0.25) is 9.59 Å². The van der Waals surface area contributed by atoms with Crippen molar-refractivity contribution in [1.82, 2.24) is 14.9 Å². The number of fused-ring (bicyclic) bond motifs is 1. The highest BCUT2D eigenvalue weighted by atomic mass is 16.3. The molecule has 7 heteroatoms. The third-order valence-electron chi connectivity index (χ3n) is 5.09. The number of nitrogens with one attached hydrogen (secondary N) is 1. The first-order valence-corrected chi connectivity index (χ1v) is 9.40. The summed E-state index contributed by atoms with van der Waals surface area (Å²) in [5.74, 6) is 0.839. The van der Waals surface area contributed by atoms with Crippen molar-refractivity contribution in [3.8, 4) is 5.75 Å². The number of carbonyl (C=O) groups is 1. The van der Waals surface area contributed by atoms with Crippen LogP contribution in [0, 0.1) is 0 Å². The van der Waals surface area contributed by atoms with Crippen molar-refractivity contribution < 1.29 is 9.90 Å². The number of piperazine rings is 1. The summed E-state index contributed by atoms with van der Waals surface area (Å²) in [6, 6.07) is 14.4. The number of H-pyrrole nitrogens is 1. The molecular formula is C21H22N4O3. The van der Waals surface area contributed by atoms with E-state index in [-0.39, 0.29) is 17.2 Å². The molecule has 2 aromatic carbocycles. The number of benzene rings is 2. The van der Waals surface area contributed by atoms with Gasteiger partial charge in [0.25, 0.3) is 5.56 Å². The molecule has 0 bridgehead atoms. The molecule has 0 radical (unpaired) electrons. The van der Waals surface area contributed by atoms with Gasteiger partial charge in [-0.25, -0.2) is 4.98 Å². The lowest BCUT2D eigenvalue weighted by molar-refractivity contribution is -0.131. The van der Waals surface area contributed by atoms with E-state index in [1.807, 2.05) is 23.1 Å². The van der Waals surface area contributed by atoms with Crippen molar-refractivity contribution in [3.63, 3.8) is 0 Å². The van der Waals surface area contributed by atoms with E-state index in [0.29, 0.717) is 55.7 Å². The van der Waals surface area contributed by atoms with Gasteiger partial charge in [-0.15, -0.1) is 0 Å². The number of phenolic OH excluding ortho intramolecular Hbond substituents is 1. The maximum atomic E-state index is 12.6. The van der Waals surface area contributed by atoms with Crippen LogP contribution in [0.4, 0.5) is 5.69 Å². The largest absolute Gasteiger partial charge is 0.506 e. The fourth-order valence-electron chi connectivity index (χ4n) is 3.57. The van der Waals surface area contributed by atoms with Crippen LogP contribution in [0.1, 0.15) is 12.2 Å². The molecule has 2 N–H and O–H groups in total. The molecule has 0 spiro atoms. The maximum Gasteiger partial charge on any atom is 0.258 e. The van der Waals surface area contributed by atoms with Crippen LogP contribution < -0.4 is 10.5 Å². The summed E-state index contributed by atoms with van der Waals surface area (Å²) in [4.78, 5) is 35.8. The van der Waals surface area contributed by atoms with Crippen molar-refractivity contribution in [3.05, 3.63) is 64.7 Å². The molecular weight excluding hydrogens is 356 g/mol. The van der Waals surface area contributed by atoms with Gasteiger partial charge in [0, 0.05) is 39.0 Å². The summed E-state index contributed by atoms with van der Waals surface area (Å²) in [6.07, 6.45) is 0.705. The molecule has 1 amide bonds. The Morgan fingerprint density at radius 2 is 1.75 bits per heavy atom. The Morgan fingerprint density at radius 3 is 2.54 bits per heavy atom.